The Bertz CT molecular complexity index is 418. The summed E-state index contributed by atoms with van der Waals surface area (Å²) in [5.41, 5.74) is -0.589. The molecule has 0 unspecified atom stereocenters. The molecule has 1 aliphatic heterocycles. The third-order valence-corrected chi connectivity index (χ3v) is 4.46. The number of carboxylic acids is 1. The number of nitrogens with zero attached hydrogens (tertiary/aromatic N) is 1. The van der Waals surface area contributed by atoms with Crippen molar-refractivity contribution in [3.8, 4) is 0 Å². The summed E-state index contributed by atoms with van der Waals surface area (Å²) < 4.78 is 0. The Kier molecular flexibility index (Phi) is 5.20. The van der Waals surface area contributed by atoms with Gasteiger partial charge in [0.1, 0.15) is 0 Å². The van der Waals surface area contributed by atoms with E-state index in [4.69, 9.17) is 5.11 Å². The van der Waals surface area contributed by atoms with Gasteiger partial charge in [-0.2, -0.15) is 0 Å². The molecule has 118 valence electrons. The number of rotatable bonds is 5. The molecule has 0 spiro atoms. The van der Waals surface area contributed by atoms with Gasteiger partial charge in [0.25, 0.3) is 0 Å². The molecule has 1 saturated heterocycles. The number of carbonyl (C=O) groups excluding carboxylic acids is 2. The minimum absolute atomic E-state index is 0.0331. The first-order valence-corrected chi connectivity index (χ1v) is 7.81. The summed E-state index contributed by atoms with van der Waals surface area (Å²) in [5, 5.41) is 11.8. The van der Waals surface area contributed by atoms with Crippen LogP contribution in [0.3, 0.4) is 0 Å². The van der Waals surface area contributed by atoms with E-state index in [1.807, 2.05) is 0 Å². The predicted molar refractivity (Wildman–Crippen MR) is 76.6 cm³/mol. The maximum atomic E-state index is 12.1. The minimum Gasteiger partial charge on any atom is -0.481 e. The minimum atomic E-state index is -0.891. The second kappa shape index (κ2) is 6.91. The maximum absolute atomic E-state index is 12.1. The van der Waals surface area contributed by atoms with E-state index < -0.39 is 11.5 Å². The lowest BCUT2D eigenvalue weighted by Gasteiger charge is -2.42. The van der Waals surface area contributed by atoms with Gasteiger partial charge in [-0.3, -0.25) is 14.4 Å². The van der Waals surface area contributed by atoms with E-state index in [1.54, 1.807) is 4.90 Å². The zero-order chi connectivity index (χ0) is 15.3. The Morgan fingerprint density at radius 1 is 1.14 bits per heavy atom. The number of hydrogen-bond donors (Lipinski definition) is 2. The van der Waals surface area contributed by atoms with E-state index in [0.717, 1.165) is 32.1 Å². The molecule has 0 bridgehead atoms. The highest BCUT2D eigenvalue weighted by molar-refractivity contribution is 5.85. The fourth-order valence-corrected chi connectivity index (χ4v) is 3.13. The monoisotopic (exact) mass is 296 g/mol. The van der Waals surface area contributed by atoms with Crippen molar-refractivity contribution in [3.05, 3.63) is 0 Å². The van der Waals surface area contributed by atoms with Gasteiger partial charge in [-0.25, -0.2) is 0 Å². The van der Waals surface area contributed by atoms with Gasteiger partial charge in [0.05, 0.1) is 18.5 Å². The van der Waals surface area contributed by atoms with Crippen LogP contribution in [0.15, 0.2) is 0 Å². The number of aliphatic carboxylic acids is 1. The molecule has 2 amide bonds. The molecule has 0 atom stereocenters. The molecule has 1 saturated carbocycles. The first-order valence-electron chi connectivity index (χ1n) is 7.81. The topological polar surface area (TPSA) is 86.7 Å². The van der Waals surface area contributed by atoms with Gasteiger partial charge in [0, 0.05) is 13.0 Å². The van der Waals surface area contributed by atoms with Crippen LogP contribution in [0.25, 0.3) is 0 Å². The van der Waals surface area contributed by atoms with Crippen LogP contribution < -0.4 is 5.32 Å². The number of carboxylic acid groups (broad SMARTS) is 1. The fourth-order valence-electron chi connectivity index (χ4n) is 3.13. The van der Waals surface area contributed by atoms with Crippen LogP contribution in [0.2, 0.25) is 0 Å². The third-order valence-electron chi connectivity index (χ3n) is 4.46. The van der Waals surface area contributed by atoms with Crippen molar-refractivity contribution in [1.82, 2.24) is 10.2 Å². The molecule has 2 aliphatic rings. The molecule has 6 nitrogen and oxygen atoms in total. The summed E-state index contributed by atoms with van der Waals surface area (Å²) in [6.07, 6.45) is 6.81. The molecule has 2 N–H and O–H groups in total. The van der Waals surface area contributed by atoms with Crippen molar-refractivity contribution in [3.63, 3.8) is 0 Å². The molecule has 2 fully saturated rings. The highest BCUT2D eigenvalue weighted by Crippen LogP contribution is 2.34. The predicted octanol–water partition coefficient (Wildman–Crippen LogP) is 1.29. The summed E-state index contributed by atoms with van der Waals surface area (Å²) in [6, 6.07) is 0. The summed E-state index contributed by atoms with van der Waals surface area (Å²) in [4.78, 5) is 36.6. The van der Waals surface area contributed by atoms with E-state index in [-0.39, 0.29) is 24.8 Å². The summed E-state index contributed by atoms with van der Waals surface area (Å²) in [6.45, 7) is 0.679. The van der Waals surface area contributed by atoms with Crippen LogP contribution in [0.1, 0.15) is 57.8 Å². The lowest BCUT2D eigenvalue weighted by molar-refractivity contribution is -0.142. The quantitative estimate of drug-likeness (QED) is 0.800. The van der Waals surface area contributed by atoms with Crippen molar-refractivity contribution in [2.75, 3.05) is 13.1 Å². The average molecular weight is 296 g/mol. The Morgan fingerprint density at radius 2 is 1.86 bits per heavy atom. The van der Waals surface area contributed by atoms with Crippen molar-refractivity contribution in [1.29, 1.82) is 0 Å². The second-order valence-electron chi connectivity index (χ2n) is 6.23. The van der Waals surface area contributed by atoms with Crippen LogP contribution in [0, 0.1) is 0 Å². The van der Waals surface area contributed by atoms with Gasteiger partial charge in [0.2, 0.25) is 11.8 Å². The highest BCUT2D eigenvalue weighted by atomic mass is 16.4. The molecule has 1 aliphatic carbocycles. The summed E-state index contributed by atoms with van der Waals surface area (Å²) in [7, 11) is 0. The number of likely N-dealkylation sites (tertiary alicyclic amines) is 1. The maximum Gasteiger partial charge on any atom is 0.305 e. The van der Waals surface area contributed by atoms with Crippen LogP contribution in [0.4, 0.5) is 0 Å². The van der Waals surface area contributed by atoms with Crippen LogP contribution >= 0.6 is 0 Å². The molecular formula is C15H24N2O4. The summed E-state index contributed by atoms with van der Waals surface area (Å²) >= 11 is 0. The Morgan fingerprint density at radius 3 is 2.48 bits per heavy atom. The zero-order valence-electron chi connectivity index (χ0n) is 12.4. The first-order chi connectivity index (χ1) is 10.0. The molecular weight excluding hydrogens is 272 g/mol. The Balaban J connectivity index is 1.87. The van der Waals surface area contributed by atoms with Gasteiger partial charge < -0.3 is 15.3 Å². The SMILES string of the molecule is O=C(O)CC1(NC(=O)CN2CCCCCCC2=O)CCC1. The lowest BCUT2D eigenvalue weighted by atomic mass is 9.74. The van der Waals surface area contributed by atoms with Crippen molar-refractivity contribution in [2.45, 2.75) is 63.3 Å². The highest BCUT2D eigenvalue weighted by Gasteiger charge is 2.40. The fraction of sp³-hybridized carbons (Fsp3) is 0.800. The molecule has 21 heavy (non-hydrogen) atoms. The third kappa shape index (κ3) is 4.44. The molecule has 0 aromatic rings. The van der Waals surface area contributed by atoms with E-state index in [1.165, 1.54) is 0 Å². The largest absolute Gasteiger partial charge is 0.481 e. The number of hydrogen-bond acceptors (Lipinski definition) is 3. The van der Waals surface area contributed by atoms with E-state index >= 15 is 0 Å². The zero-order valence-corrected chi connectivity index (χ0v) is 12.4. The van der Waals surface area contributed by atoms with Gasteiger partial charge in [-0.05, 0) is 32.1 Å². The lowest BCUT2D eigenvalue weighted by Crippen LogP contribution is -2.57. The standard InChI is InChI=1S/C15H24N2O4/c18-12(16-15(7-5-8-15)10-14(20)21)11-17-9-4-2-1-3-6-13(17)19/h1-11H2,(H,16,18)(H,20,21). The first kappa shape index (κ1) is 15.8. The average Bonchev–Trinajstić information content (AvgIpc) is 2.35. The van der Waals surface area contributed by atoms with Gasteiger partial charge in [-0.1, -0.05) is 12.8 Å². The number of amides is 2. The molecule has 0 aromatic carbocycles. The summed E-state index contributed by atoms with van der Waals surface area (Å²) in [5.74, 6) is -1.09. The molecule has 6 heteroatoms. The Labute approximate surface area is 124 Å². The van der Waals surface area contributed by atoms with E-state index in [0.29, 0.717) is 25.8 Å². The molecule has 0 radical (unpaired) electrons. The van der Waals surface area contributed by atoms with Crippen LogP contribution in [-0.2, 0) is 14.4 Å². The van der Waals surface area contributed by atoms with Gasteiger partial charge >= 0.3 is 5.97 Å². The van der Waals surface area contributed by atoms with Crippen LogP contribution in [-0.4, -0.2) is 46.4 Å². The van der Waals surface area contributed by atoms with Crippen molar-refractivity contribution < 1.29 is 19.5 Å². The van der Waals surface area contributed by atoms with Crippen molar-refractivity contribution >= 4 is 17.8 Å². The van der Waals surface area contributed by atoms with Gasteiger partial charge in [0.15, 0.2) is 0 Å². The number of carbonyl (C=O) groups is 3. The Hall–Kier alpha value is -1.59. The van der Waals surface area contributed by atoms with E-state index in [2.05, 4.69) is 5.32 Å². The second-order valence-corrected chi connectivity index (χ2v) is 6.23. The normalized spacial score (nSPS) is 21.9. The van der Waals surface area contributed by atoms with Crippen molar-refractivity contribution in [2.24, 2.45) is 0 Å². The number of nitrogens with one attached hydrogen (secondary N) is 1. The molecule has 1 heterocycles. The van der Waals surface area contributed by atoms with Crippen LogP contribution in [0.5, 0.6) is 0 Å². The smallest absolute Gasteiger partial charge is 0.305 e. The van der Waals surface area contributed by atoms with E-state index in [9.17, 15) is 14.4 Å². The van der Waals surface area contributed by atoms with Gasteiger partial charge in [-0.15, -0.1) is 0 Å². The molecule has 0 aromatic heterocycles. The molecule has 2 rings (SSSR count).